The second-order valence-electron chi connectivity index (χ2n) is 6.53. The van der Waals surface area contributed by atoms with Gasteiger partial charge in [0.15, 0.2) is 0 Å². The zero-order valence-corrected chi connectivity index (χ0v) is 15.1. The molecule has 5 nitrogen and oxygen atoms in total. The number of hydrogen-bond donors (Lipinski definition) is 4. The molecule has 1 unspecified atom stereocenters. The molecule has 0 fully saturated rings. The first-order chi connectivity index (χ1) is 12.0. The zero-order chi connectivity index (χ0) is 17.9. The minimum Gasteiger partial charge on any atom is -0.342 e. The summed E-state index contributed by atoms with van der Waals surface area (Å²) in [6.07, 6.45) is 2.04. The van der Waals surface area contributed by atoms with Gasteiger partial charge in [0.25, 0.3) is 0 Å². The first kappa shape index (κ1) is 17.0. The lowest BCUT2D eigenvalue weighted by Crippen LogP contribution is -2.47. The topological polar surface area (TPSA) is 60.5 Å². The van der Waals surface area contributed by atoms with E-state index in [1.54, 1.807) is 0 Å². The molecule has 0 bridgehead atoms. The summed E-state index contributed by atoms with van der Waals surface area (Å²) in [6, 6.07) is 16.5. The van der Waals surface area contributed by atoms with Crippen molar-refractivity contribution < 1.29 is 0 Å². The number of likely N-dealkylation sites (N-methyl/N-ethyl adjacent to an activating group) is 1. The van der Waals surface area contributed by atoms with Gasteiger partial charge in [0.1, 0.15) is 11.5 Å². The summed E-state index contributed by atoms with van der Waals surface area (Å²) in [5.41, 5.74) is 3.97. The molecule has 1 atom stereocenters. The minimum absolute atomic E-state index is 0.496. The molecule has 0 aliphatic carbocycles. The lowest BCUT2D eigenvalue weighted by atomic mass is 10.1. The summed E-state index contributed by atoms with van der Waals surface area (Å²) in [5.74, 6) is 1.57. The van der Waals surface area contributed by atoms with Gasteiger partial charge < -0.3 is 16.0 Å². The van der Waals surface area contributed by atoms with Crippen LogP contribution in [-0.2, 0) is 0 Å². The average molecular weight is 335 g/mol. The van der Waals surface area contributed by atoms with E-state index in [-0.39, 0.29) is 0 Å². The number of rotatable bonds is 4. The smallest absolute Gasteiger partial charge is 0.203 e. The second-order valence-corrected chi connectivity index (χ2v) is 6.53. The largest absolute Gasteiger partial charge is 0.342 e. The minimum atomic E-state index is -0.496. The molecule has 130 valence electrons. The maximum atomic E-state index is 4.73. The summed E-state index contributed by atoms with van der Waals surface area (Å²) < 4.78 is 0. The first-order valence-corrected chi connectivity index (χ1v) is 8.42. The highest BCUT2D eigenvalue weighted by Crippen LogP contribution is 2.19. The molecule has 5 heteroatoms. The van der Waals surface area contributed by atoms with E-state index in [0.29, 0.717) is 5.96 Å². The Morgan fingerprint density at radius 2 is 1.68 bits per heavy atom. The summed E-state index contributed by atoms with van der Waals surface area (Å²) in [5, 5.41) is 13.3. The molecule has 3 rings (SSSR count). The van der Waals surface area contributed by atoms with E-state index in [0.717, 1.165) is 17.2 Å². The predicted molar refractivity (Wildman–Crippen MR) is 106 cm³/mol. The third-order valence-corrected chi connectivity index (χ3v) is 4.14. The van der Waals surface area contributed by atoms with Crippen LogP contribution in [0.25, 0.3) is 0 Å². The maximum Gasteiger partial charge on any atom is 0.203 e. The number of benzene rings is 2. The molecule has 0 saturated carbocycles. The van der Waals surface area contributed by atoms with Gasteiger partial charge in [-0.2, -0.15) is 0 Å². The van der Waals surface area contributed by atoms with E-state index in [2.05, 4.69) is 59.4 Å². The van der Waals surface area contributed by atoms with E-state index in [1.807, 2.05) is 44.3 Å². The number of aliphatic imine (C=N–C) groups is 1. The number of nitrogens with one attached hydrogen (secondary N) is 4. The normalized spacial score (nSPS) is 19.5. The highest BCUT2D eigenvalue weighted by Gasteiger charge is 2.25. The van der Waals surface area contributed by atoms with Gasteiger partial charge in [0.2, 0.25) is 5.96 Å². The molecule has 0 spiro atoms. The maximum absolute atomic E-state index is 4.73. The SMILES string of the molecule is CNC1(C)C=C(Nc2cccc(C)c2)NC(Nc2ccc(C)cc2)=N1. The highest BCUT2D eigenvalue weighted by atomic mass is 15.3. The van der Waals surface area contributed by atoms with Crippen molar-refractivity contribution in [2.45, 2.75) is 26.4 Å². The summed E-state index contributed by atoms with van der Waals surface area (Å²) in [7, 11) is 1.90. The highest BCUT2D eigenvalue weighted by molar-refractivity contribution is 5.96. The van der Waals surface area contributed by atoms with Crippen LogP contribution in [0.5, 0.6) is 0 Å². The third kappa shape index (κ3) is 4.39. The molecule has 2 aromatic rings. The lowest BCUT2D eigenvalue weighted by Gasteiger charge is -2.30. The first-order valence-electron chi connectivity index (χ1n) is 8.42. The van der Waals surface area contributed by atoms with E-state index in [9.17, 15) is 0 Å². The van der Waals surface area contributed by atoms with Crippen molar-refractivity contribution in [3.8, 4) is 0 Å². The molecule has 0 radical (unpaired) electrons. The monoisotopic (exact) mass is 335 g/mol. The van der Waals surface area contributed by atoms with Crippen LogP contribution in [-0.4, -0.2) is 18.7 Å². The van der Waals surface area contributed by atoms with Gasteiger partial charge in [-0.05, 0) is 63.7 Å². The van der Waals surface area contributed by atoms with Crippen molar-refractivity contribution in [2.75, 3.05) is 17.7 Å². The Bertz CT molecular complexity index is 807. The van der Waals surface area contributed by atoms with Crippen molar-refractivity contribution >= 4 is 17.3 Å². The van der Waals surface area contributed by atoms with Crippen LogP contribution in [0.15, 0.2) is 65.4 Å². The fraction of sp³-hybridized carbons (Fsp3) is 0.250. The number of guanidine groups is 1. The summed E-state index contributed by atoms with van der Waals surface area (Å²) in [4.78, 5) is 4.73. The summed E-state index contributed by atoms with van der Waals surface area (Å²) in [6.45, 7) is 6.19. The average Bonchev–Trinajstić information content (AvgIpc) is 2.57. The summed E-state index contributed by atoms with van der Waals surface area (Å²) >= 11 is 0. The molecular formula is C20H25N5. The van der Waals surface area contributed by atoms with Gasteiger partial charge in [0.05, 0.1) is 0 Å². The van der Waals surface area contributed by atoms with Crippen LogP contribution < -0.4 is 21.3 Å². The quantitative estimate of drug-likeness (QED) is 0.690. The van der Waals surface area contributed by atoms with E-state index >= 15 is 0 Å². The molecule has 1 heterocycles. The van der Waals surface area contributed by atoms with Crippen LogP contribution in [0.1, 0.15) is 18.1 Å². The molecule has 0 saturated heterocycles. The Labute approximate surface area is 149 Å². The fourth-order valence-electron chi connectivity index (χ4n) is 2.64. The number of anilines is 2. The van der Waals surface area contributed by atoms with Crippen LogP contribution in [0, 0.1) is 13.8 Å². The van der Waals surface area contributed by atoms with E-state index in [4.69, 9.17) is 4.99 Å². The zero-order valence-electron chi connectivity index (χ0n) is 15.1. The number of hydrogen-bond acceptors (Lipinski definition) is 5. The van der Waals surface area contributed by atoms with Gasteiger partial charge in [-0.25, -0.2) is 4.99 Å². The van der Waals surface area contributed by atoms with E-state index in [1.165, 1.54) is 11.1 Å². The Balaban J connectivity index is 1.80. The Kier molecular flexibility index (Phi) is 4.76. The number of nitrogens with zero attached hydrogens (tertiary/aromatic N) is 1. The van der Waals surface area contributed by atoms with Crippen molar-refractivity contribution in [3.05, 3.63) is 71.6 Å². The fourth-order valence-corrected chi connectivity index (χ4v) is 2.64. The Hall–Kier alpha value is -2.79. The third-order valence-electron chi connectivity index (χ3n) is 4.14. The molecule has 4 N–H and O–H groups in total. The van der Waals surface area contributed by atoms with E-state index < -0.39 is 5.66 Å². The van der Waals surface area contributed by atoms with Gasteiger partial charge in [-0.3, -0.25) is 5.32 Å². The molecular weight excluding hydrogens is 310 g/mol. The van der Waals surface area contributed by atoms with Gasteiger partial charge in [0, 0.05) is 11.4 Å². The number of aryl methyl sites for hydroxylation is 2. The molecule has 0 amide bonds. The van der Waals surface area contributed by atoms with Crippen LogP contribution in [0.2, 0.25) is 0 Å². The van der Waals surface area contributed by atoms with Gasteiger partial charge in [-0.1, -0.05) is 29.8 Å². The van der Waals surface area contributed by atoms with Gasteiger partial charge >= 0.3 is 0 Å². The molecule has 1 aliphatic heterocycles. The lowest BCUT2D eigenvalue weighted by molar-refractivity contribution is 0.490. The molecule has 2 aromatic carbocycles. The van der Waals surface area contributed by atoms with Crippen molar-refractivity contribution in [2.24, 2.45) is 4.99 Å². The molecule has 1 aliphatic rings. The van der Waals surface area contributed by atoms with Crippen molar-refractivity contribution in [1.29, 1.82) is 0 Å². The van der Waals surface area contributed by atoms with Crippen LogP contribution in [0.4, 0.5) is 11.4 Å². The van der Waals surface area contributed by atoms with Crippen LogP contribution in [0.3, 0.4) is 0 Å². The second kappa shape index (κ2) is 6.99. The predicted octanol–water partition coefficient (Wildman–Crippen LogP) is 3.56. The van der Waals surface area contributed by atoms with Crippen molar-refractivity contribution in [1.82, 2.24) is 10.6 Å². The Morgan fingerprint density at radius 1 is 0.920 bits per heavy atom. The van der Waals surface area contributed by atoms with Crippen LogP contribution >= 0.6 is 0 Å². The molecule has 25 heavy (non-hydrogen) atoms. The van der Waals surface area contributed by atoms with Crippen molar-refractivity contribution in [3.63, 3.8) is 0 Å². The Morgan fingerprint density at radius 3 is 2.36 bits per heavy atom. The standard InChI is InChI=1S/C20H25N5/c1-14-8-10-16(11-9-14)23-19-24-18(13-20(3,21-4)25-19)22-17-7-5-6-15(2)12-17/h5-13,21-22H,1-4H3,(H2,23,24,25). The van der Waals surface area contributed by atoms with Gasteiger partial charge in [-0.15, -0.1) is 0 Å². The molecule has 0 aromatic heterocycles.